The van der Waals surface area contributed by atoms with Crippen molar-refractivity contribution in [3.8, 4) is 0 Å². The van der Waals surface area contributed by atoms with Crippen LogP contribution in [0, 0.1) is 5.92 Å². The number of nitrogens with two attached hydrogens (primary N) is 1. The Kier molecular flexibility index (Phi) is 4.33. The second-order valence-electron chi connectivity index (χ2n) is 4.73. The van der Waals surface area contributed by atoms with Crippen LogP contribution in [-0.2, 0) is 9.53 Å². The minimum absolute atomic E-state index is 0.0669. The van der Waals surface area contributed by atoms with Crippen molar-refractivity contribution in [3.05, 3.63) is 35.9 Å². The highest BCUT2D eigenvalue weighted by Gasteiger charge is 2.33. The molecule has 0 radical (unpaired) electrons. The smallest absolute Gasteiger partial charge is 0.223 e. The average Bonchev–Trinajstić information content (AvgIpc) is 2.78. The summed E-state index contributed by atoms with van der Waals surface area (Å²) < 4.78 is 5.01. The van der Waals surface area contributed by atoms with Gasteiger partial charge in [-0.15, -0.1) is 0 Å². The zero-order valence-electron chi connectivity index (χ0n) is 10.7. The molecule has 0 saturated carbocycles. The van der Waals surface area contributed by atoms with Crippen molar-refractivity contribution < 1.29 is 9.53 Å². The van der Waals surface area contributed by atoms with Crippen LogP contribution in [0.4, 0.5) is 0 Å². The van der Waals surface area contributed by atoms with Gasteiger partial charge in [-0.05, 0) is 5.56 Å². The maximum absolute atomic E-state index is 11.8. The van der Waals surface area contributed by atoms with E-state index in [0.29, 0.717) is 19.6 Å². The monoisotopic (exact) mass is 248 g/mol. The number of rotatable bonds is 5. The van der Waals surface area contributed by atoms with Gasteiger partial charge in [0.2, 0.25) is 5.91 Å². The van der Waals surface area contributed by atoms with Gasteiger partial charge in [0.15, 0.2) is 0 Å². The molecule has 18 heavy (non-hydrogen) atoms. The molecule has 1 aliphatic heterocycles. The summed E-state index contributed by atoms with van der Waals surface area (Å²) in [7, 11) is 1.65. The Morgan fingerprint density at radius 3 is 2.83 bits per heavy atom. The molecule has 0 aliphatic carbocycles. The highest BCUT2D eigenvalue weighted by Crippen LogP contribution is 2.28. The number of methoxy groups -OCH3 is 1. The highest BCUT2D eigenvalue weighted by atomic mass is 16.5. The largest absolute Gasteiger partial charge is 0.383 e. The fourth-order valence-electron chi connectivity index (χ4n) is 2.41. The van der Waals surface area contributed by atoms with Crippen LogP contribution in [0.3, 0.4) is 0 Å². The quantitative estimate of drug-likeness (QED) is 0.851. The maximum atomic E-state index is 11.8. The van der Waals surface area contributed by atoms with E-state index in [1.165, 1.54) is 0 Å². The number of carbonyl (C=O) groups is 1. The van der Waals surface area contributed by atoms with Gasteiger partial charge < -0.3 is 15.4 Å². The van der Waals surface area contributed by atoms with Crippen molar-refractivity contribution in [3.63, 3.8) is 0 Å². The molecular formula is C14H20N2O2. The van der Waals surface area contributed by atoms with Crippen LogP contribution in [0.5, 0.6) is 0 Å². The van der Waals surface area contributed by atoms with E-state index in [-0.39, 0.29) is 17.9 Å². The number of ether oxygens (including phenoxy) is 1. The normalized spacial score (nSPS) is 21.3. The Hall–Kier alpha value is -1.39. The summed E-state index contributed by atoms with van der Waals surface area (Å²) in [5.74, 6) is 0.389. The predicted molar refractivity (Wildman–Crippen MR) is 69.9 cm³/mol. The fraction of sp³-hybridized carbons (Fsp3) is 0.500. The van der Waals surface area contributed by atoms with Crippen LogP contribution in [0.15, 0.2) is 30.3 Å². The Balaban J connectivity index is 1.97. The van der Waals surface area contributed by atoms with E-state index in [1.54, 1.807) is 7.11 Å². The Morgan fingerprint density at radius 1 is 1.44 bits per heavy atom. The van der Waals surface area contributed by atoms with Gasteiger partial charge in [0.05, 0.1) is 6.61 Å². The summed E-state index contributed by atoms with van der Waals surface area (Å²) in [5.41, 5.74) is 7.34. The molecule has 0 bridgehead atoms. The average molecular weight is 248 g/mol. The molecule has 1 aromatic rings. The zero-order valence-corrected chi connectivity index (χ0v) is 10.7. The van der Waals surface area contributed by atoms with Gasteiger partial charge in [-0.3, -0.25) is 4.79 Å². The number of benzene rings is 1. The standard InChI is InChI=1S/C14H20N2O2/c1-18-8-7-16-10-12(9-13(16)17)14(15)11-5-3-2-4-6-11/h2-6,12,14H,7-10,15H2,1H3. The van der Waals surface area contributed by atoms with E-state index in [9.17, 15) is 4.79 Å². The molecule has 2 rings (SSSR count). The molecule has 0 spiro atoms. The van der Waals surface area contributed by atoms with Crippen LogP contribution >= 0.6 is 0 Å². The molecule has 1 fully saturated rings. The molecule has 98 valence electrons. The van der Waals surface area contributed by atoms with Gasteiger partial charge in [0, 0.05) is 38.6 Å². The first-order chi connectivity index (χ1) is 8.72. The number of hydrogen-bond acceptors (Lipinski definition) is 3. The van der Waals surface area contributed by atoms with Crippen molar-refractivity contribution in [1.82, 2.24) is 4.90 Å². The van der Waals surface area contributed by atoms with Crippen LogP contribution < -0.4 is 5.73 Å². The third kappa shape index (κ3) is 2.89. The summed E-state index contributed by atoms with van der Waals surface area (Å²) in [5, 5.41) is 0. The molecule has 1 aromatic carbocycles. The first-order valence-electron chi connectivity index (χ1n) is 6.29. The van der Waals surface area contributed by atoms with Crippen LogP contribution in [0.1, 0.15) is 18.0 Å². The molecule has 4 heteroatoms. The third-order valence-electron chi connectivity index (χ3n) is 3.50. The molecule has 1 amide bonds. The number of nitrogens with zero attached hydrogens (tertiary/aromatic N) is 1. The summed E-state index contributed by atoms with van der Waals surface area (Å²) in [6.45, 7) is 1.98. The van der Waals surface area contributed by atoms with E-state index < -0.39 is 0 Å². The molecule has 2 unspecified atom stereocenters. The van der Waals surface area contributed by atoms with Gasteiger partial charge in [-0.25, -0.2) is 0 Å². The molecule has 1 saturated heterocycles. The predicted octanol–water partition coefficient (Wildman–Crippen LogP) is 1.18. The summed E-state index contributed by atoms with van der Waals surface area (Å²) in [6, 6.07) is 9.91. The topological polar surface area (TPSA) is 55.6 Å². The van der Waals surface area contributed by atoms with Gasteiger partial charge in [0.25, 0.3) is 0 Å². The summed E-state index contributed by atoms with van der Waals surface area (Å²) in [6.07, 6.45) is 0.541. The molecule has 1 aliphatic rings. The third-order valence-corrected chi connectivity index (χ3v) is 3.50. The zero-order chi connectivity index (χ0) is 13.0. The van der Waals surface area contributed by atoms with Gasteiger partial charge in [0.1, 0.15) is 0 Å². The first kappa shape index (κ1) is 13.1. The highest BCUT2D eigenvalue weighted by molar-refractivity contribution is 5.78. The molecule has 2 N–H and O–H groups in total. The Morgan fingerprint density at radius 2 is 2.17 bits per heavy atom. The van der Waals surface area contributed by atoms with E-state index in [1.807, 2.05) is 35.2 Å². The fourth-order valence-corrected chi connectivity index (χ4v) is 2.41. The Bertz CT molecular complexity index is 394. The number of likely N-dealkylation sites (tertiary alicyclic amines) is 1. The SMILES string of the molecule is COCCN1CC(C(N)c2ccccc2)CC1=O. The van der Waals surface area contributed by atoms with Crippen molar-refractivity contribution in [2.45, 2.75) is 12.5 Å². The second kappa shape index (κ2) is 5.98. The van der Waals surface area contributed by atoms with Crippen LogP contribution in [-0.4, -0.2) is 37.6 Å². The second-order valence-corrected chi connectivity index (χ2v) is 4.73. The van der Waals surface area contributed by atoms with Crippen LogP contribution in [0.25, 0.3) is 0 Å². The van der Waals surface area contributed by atoms with Crippen molar-refractivity contribution >= 4 is 5.91 Å². The van der Waals surface area contributed by atoms with Crippen molar-refractivity contribution in [2.24, 2.45) is 11.7 Å². The molecular weight excluding hydrogens is 228 g/mol. The minimum Gasteiger partial charge on any atom is -0.383 e. The lowest BCUT2D eigenvalue weighted by Crippen LogP contribution is -2.30. The summed E-state index contributed by atoms with van der Waals surface area (Å²) >= 11 is 0. The number of hydrogen-bond donors (Lipinski definition) is 1. The molecule has 0 aromatic heterocycles. The molecule has 4 nitrogen and oxygen atoms in total. The lowest BCUT2D eigenvalue weighted by molar-refractivity contribution is -0.128. The van der Waals surface area contributed by atoms with E-state index >= 15 is 0 Å². The maximum Gasteiger partial charge on any atom is 0.223 e. The first-order valence-corrected chi connectivity index (χ1v) is 6.29. The minimum atomic E-state index is -0.0669. The van der Waals surface area contributed by atoms with Gasteiger partial charge >= 0.3 is 0 Å². The molecule has 2 atom stereocenters. The number of carbonyl (C=O) groups excluding carboxylic acids is 1. The van der Waals surface area contributed by atoms with Crippen molar-refractivity contribution in [1.29, 1.82) is 0 Å². The summed E-state index contributed by atoms with van der Waals surface area (Å²) in [4.78, 5) is 13.7. The van der Waals surface area contributed by atoms with Crippen molar-refractivity contribution in [2.75, 3.05) is 26.8 Å². The van der Waals surface area contributed by atoms with E-state index in [4.69, 9.17) is 10.5 Å². The molecule has 1 heterocycles. The van der Waals surface area contributed by atoms with E-state index in [2.05, 4.69) is 0 Å². The lowest BCUT2D eigenvalue weighted by atomic mass is 9.93. The van der Waals surface area contributed by atoms with Gasteiger partial charge in [-0.2, -0.15) is 0 Å². The van der Waals surface area contributed by atoms with Gasteiger partial charge in [-0.1, -0.05) is 30.3 Å². The number of amides is 1. The van der Waals surface area contributed by atoms with Crippen LogP contribution in [0.2, 0.25) is 0 Å². The van der Waals surface area contributed by atoms with E-state index in [0.717, 1.165) is 12.1 Å². The Labute approximate surface area is 108 Å². The lowest BCUT2D eigenvalue weighted by Gasteiger charge is -2.20.